The molecule has 0 atom stereocenters. The molecule has 0 aliphatic carbocycles. The van der Waals surface area contributed by atoms with Gasteiger partial charge in [0.1, 0.15) is 5.82 Å². The summed E-state index contributed by atoms with van der Waals surface area (Å²) in [5.41, 5.74) is 14.6. The minimum absolute atomic E-state index is 0.0641. The van der Waals surface area contributed by atoms with Crippen molar-refractivity contribution in [1.82, 2.24) is 4.98 Å². The molecule has 0 saturated carbocycles. The zero-order valence-corrected chi connectivity index (χ0v) is 9.91. The van der Waals surface area contributed by atoms with Gasteiger partial charge < -0.3 is 11.5 Å². The van der Waals surface area contributed by atoms with Gasteiger partial charge in [0, 0.05) is 11.1 Å². The van der Waals surface area contributed by atoms with Crippen LogP contribution in [0.4, 0.5) is 11.5 Å². The lowest BCUT2D eigenvalue weighted by atomic mass is 9.86. The number of benzene rings is 1. The Bertz CT molecular complexity index is 539. The fraction of sp³-hybridized carbons (Fsp3) is 0.308. The van der Waals surface area contributed by atoms with Gasteiger partial charge in [-0.1, -0.05) is 20.8 Å². The molecule has 0 bridgehead atoms. The molecule has 3 heteroatoms. The molecule has 1 heterocycles. The van der Waals surface area contributed by atoms with E-state index in [1.165, 1.54) is 5.56 Å². The van der Waals surface area contributed by atoms with Gasteiger partial charge in [0.05, 0.1) is 5.52 Å². The third-order valence-corrected chi connectivity index (χ3v) is 2.73. The second-order valence-corrected chi connectivity index (χ2v) is 5.12. The summed E-state index contributed by atoms with van der Waals surface area (Å²) in [5, 5.41) is 0.960. The minimum atomic E-state index is 0.0641. The Morgan fingerprint density at radius 3 is 2.38 bits per heavy atom. The van der Waals surface area contributed by atoms with Crippen LogP contribution in [0.3, 0.4) is 0 Å². The summed E-state index contributed by atoms with van der Waals surface area (Å²) in [6.45, 7) is 6.46. The van der Waals surface area contributed by atoms with Crippen molar-refractivity contribution in [2.75, 3.05) is 11.5 Å². The molecule has 1 aromatic carbocycles. The molecular weight excluding hydrogens is 198 g/mol. The standard InChI is InChI=1S/C13H17N3/c1-13(2,3)8-6-10(14)9-4-5-12(15)16-11(9)7-8/h4-7H,14H2,1-3H3,(H2,15,16). The fourth-order valence-electron chi connectivity index (χ4n) is 1.71. The van der Waals surface area contributed by atoms with Crippen LogP contribution < -0.4 is 11.5 Å². The Morgan fingerprint density at radius 2 is 1.75 bits per heavy atom. The maximum Gasteiger partial charge on any atom is 0.124 e. The molecule has 2 rings (SSSR count). The van der Waals surface area contributed by atoms with Gasteiger partial charge in [-0.05, 0) is 35.2 Å². The summed E-state index contributed by atoms with van der Waals surface area (Å²) < 4.78 is 0. The Hall–Kier alpha value is -1.77. The normalized spacial score (nSPS) is 11.9. The first-order chi connectivity index (χ1) is 7.38. The van der Waals surface area contributed by atoms with Crippen LogP contribution in [-0.2, 0) is 5.41 Å². The van der Waals surface area contributed by atoms with E-state index >= 15 is 0 Å². The first-order valence-corrected chi connectivity index (χ1v) is 5.34. The Labute approximate surface area is 95.5 Å². The molecule has 4 N–H and O–H groups in total. The van der Waals surface area contributed by atoms with Crippen molar-refractivity contribution in [3.05, 3.63) is 29.8 Å². The van der Waals surface area contributed by atoms with E-state index < -0.39 is 0 Å². The van der Waals surface area contributed by atoms with E-state index in [0.29, 0.717) is 5.82 Å². The maximum atomic E-state index is 6.02. The molecule has 16 heavy (non-hydrogen) atoms. The van der Waals surface area contributed by atoms with E-state index in [0.717, 1.165) is 16.6 Å². The molecule has 84 valence electrons. The molecule has 0 aliphatic rings. The number of nitrogens with zero attached hydrogens (tertiary/aromatic N) is 1. The highest BCUT2D eigenvalue weighted by Gasteiger charge is 2.15. The second-order valence-electron chi connectivity index (χ2n) is 5.12. The number of rotatable bonds is 0. The lowest BCUT2D eigenvalue weighted by molar-refractivity contribution is 0.591. The average molecular weight is 215 g/mol. The van der Waals surface area contributed by atoms with Gasteiger partial charge in [-0.3, -0.25) is 0 Å². The molecule has 0 radical (unpaired) electrons. The molecule has 0 amide bonds. The van der Waals surface area contributed by atoms with Crippen molar-refractivity contribution in [2.45, 2.75) is 26.2 Å². The second kappa shape index (κ2) is 3.37. The van der Waals surface area contributed by atoms with Crippen molar-refractivity contribution in [3.8, 4) is 0 Å². The number of hydrogen-bond donors (Lipinski definition) is 2. The zero-order valence-electron chi connectivity index (χ0n) is 9.91. The topological polar surface area (TPSA) is 64.9 Å². The van der Waals surface area contributed by atoms with Gasteiger partial charge in [-0.25, -0.2) is 4.98 Å². The van der Waals surface area contributed by atoms with E-state index in [9.17, 15) is 0 Å². The van der Waals surface area contributed by atoms with Crippen molar-refractivity contribution < 1.29 is 0 Å². The molecule has 0 spiro atoms. The lowest BCUT2D eigenvalue weighted by Crippen LogP contribution is -2.11. The van der Waals surface area contributed by atoms with E-state index in [2.05, 4.69) is 31.8 Å². The maximum absolute atomic E-state index is 6.02. The number of hydrogen-bond acceptors (Lipinski definition) is 3. The summed E-state index contributed by atoms with van der Waals surface area (Å²) in [7, 11) is 0. The van der Waals surface area contributed by atoms with Gasteiger partial charge in [0.15, 0.2) is 0 Å². The number of fused-ring (bicyclic) bond motifs is 1. The third kappa shape index (κ3) is 1.81. The molecule has 1 aromatic heterocycles. The number of pyridine rings is 1. The van der Waals surface area contributed by atoms with Crippen LogP contribution in [0.1, 0.15) is 26.3 Å². The first-order valence-electron chi connectivity index (χ1n) is 5.34. The molecule has 3 nitrogen and oxygen atoms in total. The van der Waals surface area contributed by atoms with Crippen LogP contribution in [-0.4, -0.2) is 4.98 Å². The van der Waals surface area contributed by atoms with Crippen LogP contribution in [0.2, 0.25) is 0 Å². The predicted molar refractivity (Wildman–Crippen MR) is 69.3 cm³/mol. The molecule has 0 unspecified atom stereocenters. The zero-order chi connectivity index (χ0) is 11.9. The highest BCUT2D eigenvalue weighted by molar-refractivity contribution is 5.91. The predicted octanol–water partition coefficient (Wildman–Crippen LogP) is 2.70. The van der Waals surface area contributed by atoms with Gasteiger partial charge in [-0.2, -0.15) is 0 Å². The Morgan fingerprint density at radius 1 is 1.06 bits per heavy atom. The summed E-state index contributed by atoms with van der Waals surface area (Å²) in [6, 6.07) is 7.76. The van der Waals surface area contributed by atoms with Crippen LogP contribution in [0.25, 0.3) is 10.9 Å². The summed E-state index contributed by atoms with van der Waals surface area (Å²) >= 11 is 0. The SMILES string of the molecule is CC(C)(C)c1cc(N)c2ccc(N)nc2c1. The molecule has 0 aliphatic heterocycles. The van der Waals surface area contributed by atoms with E-state index in [-0.39, 0.29) is 5.41 Å². The molecular formula is C13H17N3. The van der Waals surface area contributed by atoms with Crippen molar-refractivity contribution in [3.63, 3.8) is 0 Å². The van der Waals surface area contributed by atoms with Crippen LogP contribution in [0.5, 0.6) is 0 Å². The molecule has 0 saturated heterocycles. The Kier molecular flexibility index (Phi) is 2.26. The lowest BCUT2D eigenvalue weighted by Gasteiger charge is -2.20. The van der Waals surface area contributed by atoms with E-state index in [4.69, 9.17) is 11.5 Å². The van der Waals surface area contributed by atoms with Crippen molar-refractivity contribution in [1.29, 1.82) is 0 Å². The Balaban J connectivity index is 2.75. The largest absolute Gasteiger partial charge is 0.398 e. The fourth-order valence-corrected chi connectivity index (χ4v) is 1.71. The van der Waals surface area contributed by atoms with Crippen molar-refractivity contribution in [2.24, 2.45) is 0 Å². The van der Waals surface area contributed by atoms with Crippen LogP contribution in [0.15, 0.2) is 24.3 Å². The number of nitrogen functional groups attached to an aromatic ring is 2. The monoisotopic (exact) mass is 215 g/mol. The number of aromatic nitrogens is 1. The molecule has 0 fully saturated rings. The summed E-state index contributed by atoms with van der Waals surface area (Å²) in [6.07, 6.45) is 0. The number of nitrogens with two attached hydrogens (primary N) is 2. The van der Waals surface area contributed by atoms with Gasteiger partial charge in [0.25, 0.3) is 0 Å². The van der Waals surface area contributed by atoms with Gasteiger partial charge >= 0.3 is 0 Å². The highest BCUT2D eigenvalue weighted by Crippen LogP contribution is 2.29. The minimum Gasteiger partial charge on any atom is -0.398 e. The van der Waals surface area contributed by atoms with Gasteiger partial charge in [-0.15, -0.1) is 0 Å². The van der Waals surface area contributed by atoms with Crippen molar-refractivity contribution >= 4 is 22.4 Å². The quantitative estimate of drug-likeness (QED) is 0.664. The summed E-state index contributed by atoms with van der Waals surface area (Å²) in [5.74, 6) is 0.526. The third-order valence-electron chi connectivity index (χ3n) is 2.73. The van der Waals surface area contributed by atoms with E-state index in [1.54, 1.807) is 6.07 Å². The average Bonchev–Trinajstić information content (AvgIpc) is 2.15. The highest BCUT2D eigenvalue weighted by atomic mass is 14.8. The molecule has 2 aromatic rings. The number of anilines is 2. The van der Waals surface area contributed by atoms with E-state index in [1.807, 2.05) is 12.1 Å². The smallest absolute Gasteiger partial charge is 0.124 e. The first kappa shape index (κ1) is 10.7. The summed E-state index contributed by atoms with van der Waals surface area (Å²) in [4.78, 5) is 4.31. The van der Waals surface area contributed by atoms with Crippen LogP contribution >= 0.6 is 0 Å². The van der Waals surface area contributed by atoms with Gasteiger partial charge in [0.2, 0.25) is 0 Å². The van der Waals surface area contributed by atoms with Crippen LogP contribution in [0, 0.1) is 0 Å².